The van der Waals surface area contributed by atoms with E-state index < -0.39 is 5.92 Å². The van der Waals surface area contributed by atoms with Crippen molar-refractivity contribution in [2.24, 2.45) is 17.8 Å². The van der Waals surface area contributed by atoms with Gasteiger partial charge < -0.3 is 4.74 Å². The maximum Gasteiger partial charge on any atom is 0.257 e. The lowest BCUT2D eigenvalue weighted by molar-refractivity contribution is -0.0232. The Bertz CT molecular complexity index is 737. The van der Waals surface area contributed by atoms with Crippen molar-refractivity contribution in [3.8, 4) is 11.4 Å². The normalized spacial score (nSPS) is 23.7. The minimum Gasteiger partial charge on any atom is -0.494 e. The number of piperidine rings is 1. The fourth-order valence-corrected chi connectivity index (χ4v) is 4.48. The minimum atomic E-state index is -2.58. The first-order valence-corrected chi connectivity index (χ1v) is 10.2. The van der Waals surface area contributed by atoms with E-state index in [1.807, 2.05) is 29.2 Å². The van der Waals surface area contributed by atoms with Gasteiger partial charge in [0.05, 0.1) is 18.8 Å². The van der Waals surface area contributed by atoms with E-state index in [2.05, 4.69) is 10.1 Å². The van der Waals surface area contributed by atoms with Crippen LogP contribution in [-0.4, -0.2) is 51.8 Å². The van der Waals surface area contributed by atoms with E-state index in [1.54, 1.807) is 11.0 Å². The average Bonchev–Trinajstić information content (AvgIpc) is 3.22. The number of alkyl halides is 2. The molecule has 28 heavy (non-hydrogen) atoms. The zero-order chi connectivity index (χ0) is 19.6. The Kier molecular flexibility index (Phi) is 5.62. The number of aromatic nitrogens is 3. The number of ether oxygens (including phenoxy) is 1. The molecule has 1 saturated heterocycles. The van der Waals surface area contributed by atoms with Crippen molar-refractivity contribution in [3.05, 3.63) is 36.9 Å². The van der Waals surface area contributed by atoms with Gasteiger partial charge in [0.2, 0.25) is 0 Å². The maximum atomic E-state index is 13.1. The van der Waals surface area contributed by atoms with Crippen LogP contribution >= 0.6 is 0 Å². The molecule has 1 aliphatic heterocycles. The number of hydrogen-bond donors (Lipinski definition) is 0. The van der Waals surface area contributed by atoms with E-state index in [0.717, 1.165) is 69.2 Å². The summed E-state index contributed by atoms with van der Waals surface area (Å²) < 4.78 is 33.9. The van der Waals surface area contributed by atoms with Crippen molar-refractivity contribution in [1.29, 1.82) is 0 Å². The minimum absolute atomic E-state index is 0.0998. The topological polar surface area (TPSA) is 43.2 Å². The summed E-state index contributed by atoms with van der Waals surface area (Å²) in [6.07, 6.45) is 7.64. The molecule has 0 N–H and O–H groups in total. The molecule has 2 fully saturated rings. The molecule has 1 aromatic heterocycles. The first kappa shape index (κ1) is 19.3. The highest BCUT2D eigenvalue weighted by Gasteiger charge is 2.43. The van der Waals surface area contributed by atoms with Gasteiger partial charge >= 0.3 is 0 Å². The smallest absolute Gasteiger partial charge is 0.257 e. The fraction of sp³-hybridized carbons (Fsp3) is 0.619. The summed E-state index contributed by atoms with van der Waals surface area (Å²) in [6.45, 7) is 3.26. The zero-order valence-corrected chi connectivity index (χ0v) is 16.3. The van der Waals surface area contributed by atoms with E-state index in [0.29, 0.717) is 5.92 Å². The summed E-state index contributed by atoms with van der Waals surface area (Å²) in [4.78, 5) is 5.86. The molecule has 7 heteroatoms. The van der Waals surface area contributed by atoms with Crippen molar-refractivity contribution < 1.29 is 13.5 Å². The first-order valence-electron chi connectivity index (χ1n) is 10.2. The molecule has 1 saturated carbocycles. The maximum absolute atomic E-state index is 13.1. The number of hydrogen-bond acceptors (Lipinski definition) is 4. The Morgan fingerprint density at radius 1 is 1.18 bits per heavy atom. The molecule has 2 aliphatic rings. The molecule has 0 spiro atoms. The highest BCUT2D eigenvalue weighted by atomic mass is 19.3. The van der Waals surface area contributed by atoms with E-state index in [-0.39, 0.29) is 6.54 Å². The van der Waals surface area contributed by atoms with Crippen LogP contribution in [0.2, 0.25) is 0 Å². The molecule has 2 atom stereocenters. The van der Waals surface area contributed by atoms with Crippen LogP contribution in [0.25, 0.3) is 5.69 Å². The molecule has 0 bridgehead atoms. The van der Waals surface area contributed by atoms with Crippen LogP contribution in [0, 0.1) is 17.8 Å². The van der Waals surface area contributed by atoms with Crippen molar-refractivity contribution in [3.63, 3.8) is 0 Å². The second-order valence-corrected chi connectivity index (χ2v) is 8.31. The second kappa shape index (κ2) is 8.15. The molecule has 1 aliphatic carbocycles. The number of halogens is 2. The van der Waals surface area contributed by atoms with Crippen molar-refractivity contribution in [2.45, 2.75) is 38.5 Å². The average molecular weight is 390 g/mol. The third-order valence-corrected chi connectivity index (χ3v) is 5.99. The molecular formula is C21H28F2N4O. The molecule has 0 amide bonds. The van der Waals surface area contributed by atoms with Crippen LogP contribution in [0.5, 0.6) is 5.75 Å². The van der Waals surface area contributed by atoms with Gasteiger partial charge in [-0.05, 0) is 80.8 Å². The predicted octanol–water partition coefficient (Wildman–Crippen LogP) is 4.04. The van der Waals surface area contributed by atoms with E-state index in [1.165, 1.54) is 12.7 Å². The SMILES string of the molecule is CC(F)(F)CN1CCC([C@H]2C[C@H]2CCOc2ccc(-n3cncn3)cc2)CC1. The van der Waals surface area contributed by atoms with Gasteiger partial charge in [0, 0.05) is 6.92 Å². The molecule has 2 heterocycles. The summed E-state index contributed by atoms with van der Waals surface area (Å²) in [7, 11) is 0. The lowest BCUT2D eigenvalue weighted by Crippen LogP contribution is -2.41. The highest BCUT2D eigenvalue weighted by molar-refractivity contribution is 5.36. The van der Waals surface area contributed by atoms with Gasteiger partial charge in [0.25, 0.3) is 5.92 Å². The van der Waals surface area contributed by atoms with E-state index in [9.17, 15) is 8.78 Å². The molecule has 152 valence electrons. The summed E-state index contributed by atoms with van der Waals surface area (Å²) in [5.41, 5.74) is 0.958. The highest BCUT2D eigenvalue weighted by Crippen LogP contribution is 2.49. The van der Waals surface area contributed by atoms with Crippen molar-refractivity contribution >= 4 is 0 Å². The Balaban J connectivity index is 1.15. The monoisotopic (exact) mass is 390 g/mol. The number of benzene rings is 1. The van der Waals surface area contributed by atoms with E-state index >= 15 is 0 Å². The Hall–Kier alpha value is -2.02. The first-order chi connectivity index (χ1) is 13.5. The third-order valence-electron chi connectivity index (χ3n) is 5.99. The van der Waals surface area contributed by atoms with Gasteiger partial charge in [-0.2, -0.15) is 5.10 Å². The summed E-state index contributed by atoms with van der Waals surface area (Å²) in [6, 6.07) is 7.86. The Labute approximate surface area is 164 Å². The van der Waals surface area contributed by atoms with Gasteiger partial charge in [0.1, 0.15) is 18.4 Å². The van der Waals surface area contributed by atoms with Crippen molar-refractivity contribution in [1.82, 2.24) is 19.7 Å². The molecule has 4 rings (SSSR count). The third kappa shape index (κ3) is 5.07. The van der Waals surface area contributed by atoms with Gasteiger partial charge in [-0.1, -0.05) is 0 Å². The molecule has 5 nitrogen and oxygen atoms in total. The van der Waals surface area contributed by atoms with Crippen LogP contribution in [0.4, 0.5) is 8.78 Å². The Morgan fingerprint density at radius 2 is 1.93 bits per heavy atom. The summed E-state index contributed by atoms with van der Waals surface area (Å²) in [5.74, 6) is 0.490. The zero-order valence-electron chi connectivity index (χ0n) is 16.3. The molecule has 0 unspecified atom stereocenters. The lowest BCUT2D eigenvalue weighted by Gasteiger charge is -2.33. The number of likely N-dealkylation sites (tertiary alicyclic amines) is 1. The number of nitrogens with zero attached hydrogens (tertiary/aromatic N) is 4. The fourth-order valence-electron chi connectivity index (χ4n) is 4.48. The predicted molar refractivity (Wildman–Crippen MR) is 103 cm³/mol. The van der Waals surface area contributed by atoms with Crippen LogP contribution < -0.4 is 4.74 Å². The van der Waals surface area contributed by atoms with Crippen LogP contribution in [0.1, 0.15) is 32.6 Å². The van der Waals surface area contributed by atoms with Crippen LogP contribution in [0.15, 0.2) is 36.9 Å². The Morgan fingerprint density at radius 3 is 2.57 bits per heavy atom. The molecular weight excluding hydrogens is 362 g/mol. The van der Waals surface area contributed by atoms with Gasteiger partial charge in [-0.15, -0.1) is 0 Å². The standard InChI is InChI=1S/C21H28F2N4O/c1-21(22,23)13-26-9-6-16(7-10-26)20-12-17(20)8-11-28-19-4-2-18(3-5-19)27-15-24-14-25-27/h2-5,14-17,20H,6-13H2,1H3/t17-,20-/m1/s1. The second-order valence-electron chi connectivity index (χ2n) is 8.31. The number of rotatable bonds is 8. The quantitative estimate of drug-likeness (QED) is 0.682. The van der Waals surface area contributed by atoms with Crippen LogP contribution in [0.3, 0.4) is 0 Å². The van der Waals surface area contributed by atoms with Gasteiger partial charge in [-0.3, -0.25) is 4.90 Å². The summed E-state index contributed by atoms with van der Waals surface area (Å²) in [5, 5.41) is 4.11. The van der Waals surface area contributed by atoms with Gasteiger partial charge in [0.15, 0.2) is 0 Å². The van der Waals surface area contributed by atoms with E-state index in [4.69, 9.17) is 4.74 Å². The van der Waals surface area contributed by atoms with Crippen LogP contribution in [-0.2, 0) is 0 Å². The lowest BCUT2D eigenvalue weighted by atomic mass is 9.90. The molecule has 2 aromatic rings. The largest absolute Gasteiger partial charge is 0.494 e. The van der Waals surface area contributed by atoms with Crippen molar-refractivity contribution in [2.75, 3.05) is 26.2 Å². The molecule has 1 aromatic carbocycles. The summed E-state index contributed by atoms with van der Waals surface area (Å²) >= 11 is 0. The van der Waals surface area contributed by atoms with Gasteiger partial charge in [-0.25, -0.2) is 18.4 Å². The molecule has 0 radical (unpaired) electrons.